The normalized spacial score (nSPS) is 14.4. The number of amides is 1. The Labute approximate surface area is 184 Å². The summed E-state index contributed by atoms with van der Waals surface area (Å²) in [6.45, 7) is 4.16. The standard InChI is InChI=1S/C25H24F3N3O/c1-2-18-15-23(31-13-3-4-14-31)30-22-11-10-20(16-21(18)22)29-24(32)12-7-17-5-8-19(9-6-17)25(26,27)28/h5-12,15-16H,2-4,13-14H2,1H3,(H,29,32)/b12-7+. The second kappa shape index (κ2) is 9.02. The van der Waals surface area contributed by atoms with Crippen molar-refractivity contribution in [1.82, 2.24) is 4.98 Å². The molecule has 0 unspecified atom stereocenters. The van der Waals surface area contributed by atoms with E-state index in [4.69, 9.17) is 4.98 Å². The molecule has 7 heteroatoms. The lowest BCUT2D eigenvalue weighted by Gasteiger charge is -2.18. The Kier molecular flexibility index (Phi) is 6.17. The van der Waals surface area contributed by atoms with Crippen molar-refractivity contribution in [3.8, 4) is 0 Å². The molecule has 1 aliphatic heterocycles. The van der Waals surface area contributed by atoms with E-state index in [-0.39, 0.29) is 5.91 Å². The summed E-state index contributed by atoms with van der Waals surface area (Å²) in [5, 5.41) is 3.82. The number of aryl methyl sites for hydroxylation is 1. The molecule has 4 rings (SSSR count). The monoisotopic (exact) mass is 439 g/mol. The fraction of sp³-hybridized carbons (Fsp3) is 0.280. The number of pyridine rings is 1. The fourth-order valence-corrected chi connectivity index (χ4v) is 3.90. The molecule has 166 valence electrons. The van der Waals surface area contributed by atoms with Crippen molar-refractivity contribution >= 4 is 34.4 Å². The predicted molar refractivity (Wildman–Crippen MR) is 122 cm³/mol. The molecule has 0 aliphatic carbocycles. The van der Waals surface area contributed by atoms with Crippen LogP contribution in [0.15, 0.2) is 54.6 Å². The third-order valence-corrected chi connectivity index (χ3v) is 5.62. The number of nitrogens with one attached hydrogen (secondary N) is 1. The van der Waals surface area contributed by atoms with E-state index in [1.807, 2.05) is 18.2 Å². The summed E-state index contributed by atoms with van der Waals surface area (Å²) in [5.41, 5.74) is 2.50. The molecule has 0 atom stereocenters. The van der Waals surface area contributed by atoms with Gasteiger partial charge in [0.2, 0.25) is 5.91 Å². The molecule has 1 saturated heterocycles. The Morgan fingerprint density at radius 3 is 2.47 bits per heavy atom. The Hall–Kier alpha value is -3.35. The predicted octanol–water partition coefficient (Wildman–Crippen LogP) is 6.07. The average molecular weight is 439 g/mol. The number of nitrogens with zero attached hydrogens (tertiary/aromatic N) is 2. The van der Waals surface area contributed by atoms with Crippen LogP contribution in [0.1, 0.15) is 36.5 Å². The smallest absolute Gasteiger partial charge is 0.357 e. The van der Waals surface area contributed by atoms with Crippen LogP contribution in [0.25, 0.3) is 17.0 Å². The van der Waals surface area contributed by atoms with E-state index in [1.54, 1.807) is 0 Å². The first kappa shape index (κ1) is 21.9. The maximum Gasteiger partial charge on any atom is 0.416 e. The molecule has 3 aromatic rings. The largest absolute Gasteiger partial charge is 0.416 e. The van der Waals surface area contributed by atoms with Gasteiger partial charge in [-0.3, -0.25) is 4.79 Å². The van der Waals surface area contributed by atoms with Crippen molar-refractivity contribution in [2.45, 2.75) is 32.4 Å². The van der Waals surface area contributed by atoms with Gasteiger partial charge in [0.05, 0.1) is 11.1 Å². The summed E-state index contributed by atoms with van der Waals surface area (Å²) in [5.74, 6) is 0.645. The Bertz CT molecular complexity index is 1150. The molecule has 0 saturated carbocycles. The topological polar surface area (TPSA) is 45.2 Å². The first-order valence-corrected chi connectivity index (χ1v) is 10.7. The van der Waals surface area contributed by atoms with Gasteiger partial charge in [0, 0.05) is 30.2 Å². The molecule has 2 heterocycles. The van der Waals surface area contributed by atoms with Crippen LogP contribution in [0, 0.1) is 0 Å². The molecular weight excluding hydrogens is 415 g/mol. The van der Waals surface area contributed by atoms with Crippen LogP contribution in [0.4, 0.5) is 24.7 Å². The maximum absolute atomic E-state index is 12.7. The van der Waals surface area contributed by atoms with E-state index in [1.165, 1.54) is 42.7 Å². The van der Waals surface area contributed by atoms with Gasteiger partial charge in [-0.15, -0.1) is 0 Å². The number of alkyl halides is 3. The third-order valence-electron chi connectivity index (χ3n) is 5.62. The van der Waals surface area contributed by atoms with Crippen LogP contribution in [0.3, 0.4) is 0 Å². The first-order valence-electron chi connectivity index (χ1n) is 10.7. The summed E-state index contributed by atoms with van der Waals surface area (Å²) in [6.07, 6.45) is 1.64. The molecule has 0 bridgehead atoms. The van der Waals surface area contributed by atoms with Gasteiger partial charge < -0.3 is 10.2 Å². The van der Waals surface area contributed by atoms with Crippen molar-refractivity contribution in [3.05, 3.63) is 71.3 Å². The quantitative estimate of drug-likeness (QED) is 0.491. The van der Waals surface area contributed by atoms with Gasteiger partial charge >= 0.3 is 6.18 Å². The summed E-state index contributed by atoms with van der Waals surface area (Å²) in [7, 11) is 0. The number of aromatic nitrogens is 1. The second-order valence-electron chi connectivity index (χ2n) is 7.86. The van der Waals surface area contributed by atoms with E-state index >= 15 is 0 Å². The summed E-state index contributed by atoms with van der Waals surface area (Å²) >= 11 is 0. The number of hydrogen-bond acceptors (Lipinski definition) is 3. The molecule has 4 nitrogen and oxygen atoms in total. The maximum atomic E-state index is 12.7. The lowest BCUT2D eigenvalue weighted by Crippen LogP contribution is -2.19. The SMILES string of the molecule is CCc1cc(N2CCCC2)nc2ccc(NC(=O)/C=C/c3ccc(C(F)(F)F)cc3)cc12. The van der Waals surface area contributed by atoms with Crippen LogP contribution in [0.5, 0.6) is 0 Å². The van der Waals surface area contributed by atoms with Gasteiger partial charge in [0.15, 0.2) is 0 Å². The van der Waals surface area contributed by atoms with E-state index < -0.39 is 11.7 Å². The fourth-order valence-electron chi connectivity index (χ4n) is 3.90. The summed E-state index contributed by atoms with van der Waals surface area (Å²) in [4.78, 5) is 19.4. The molecule has 2 aromatic carbocycles. The van der Waals surface area contributed by atoms with Crippen LogP contribution in [0.2, 0.25) is 0 Å². The van der Waals surface area contributed by atoms with Gasteiger partial charge in [0.1, 0.15) is 5.82 Å². The van der Waals surface area contributed by atoms with Gasteiger partial charge in [-0.2, -0.15) is 13.2 Å². The summed E-state index contributed by atoms with van der Waals surface area (Å²) in [6, 6.07) is 12.4. The highest BCUT2D eigenvalue weighted by atomic mass is 19.4. The average Bonchev–Trinajstić information content (AvgIpc) is 3.32. The van der Waals surface area contributed by atoms with Gasteiger partial charge in [-0.1, -0.05) is 19.1 Å². The van der Waals surface area contributed by atoms with Gasteiger partial charge in [0.25, 0.3) is 0 Å². The highest BCUT2D eigenvalue weighted by Gasteiger charge is 2.29. The van der Waals surface area contributed by atoms with Crippen LogP contribution >= 0.6 is 0 Å². The number of halogens is 3. The van der Waals surface area contributed by atoms with Crippen molar-refractivity contribution in [2.75, 3.05) is 23.3 Å². The van der Waals surface area contributed by atoms with Crippen molar-refractivity contribution in [1.29, 1.82) is 0 Å². The van der Waals surface area contributed by atoms with Crippen LogP contribution in [-0.2, 0) is 17.4 Å². The molecule has 1 aromatic heterocycles. The molecule has 1 amide bonds. The molecule has 32 heavy (non-hydrogen) atoms. The Balaban J connectivity index is 1.49. The molecule has 1 N–H and O–H groups in total. The minimum Gasteiger partial charge on any atom is -0.357 e. The number of rotatable bonds is 5. The lowest BCUT2D eigenvalue weighted by atomic mass is 10.1. The minimum atomic E-state index is -4.38. The second-order valence-corrected chi connectivity index (χ2v) is 7.86. The number of carbonyl (C=O) groups is 1. The zero-order valence-electron chi connectivity index (χ0n) is 17.7. The zero-order valence-corrected chi connectivity index (χ0v) is 17.7. The number of carbonyl (C=O) groups excluding carboxylic acids is 1. The van der Waals surface area contributed by atoms with E-state index in [0.717, 1.165) is 48.4 Å². The molecule has 0 spiro atoms. The molecule has 1 aliphatic rings. The van der Waals surface area contributed by atoms with Crippen LogP contribution < -0.4 is 10.2 Å². The van der Waals surface area contributed by atoms with Crippen molar-refractivity contribution in [3.63, 3.8) is 0 Å². The van der Waals surface area contributed by atoms with E-state index in [9.17, 15) is 18.0 Å². The van der Waals surface area contributed by atoms with Crippen LogP contribution in [-0.4, -0.2) is 24.0 Å². The zero-order chi connectivity index (χ0) is 22.7. The van der Waals surface area contributed by atoms with Crippen molar-refractivity contribution < 1.29 is 18.0 Å². The number of anilines is 2. The first-order chi connectivity index (χ1) is 15.3. The molecule has 0 radical (unpaired) electrons. The number of benzene rings is 2. The van der Waals surface area contributed by atoms with Crippen molar-refractivity contribution in [2.24, 2.45) is 0 Å². The Morgan fingerprint density at radius 1 is 1.09 bits per heavy atom. The minimum absolute atomic E-state index is 0.357. The van der Waals surface area contributed by atoms with Gasteiger partial charge in [-0.05, 0) is 72.9 Å². The number of hydrogen-bond donors (Lipinski definition) is 1. The molecule has 1 fully saturated rings. The number of fused-ring (bicyclic) bond motifs is 1. The van der Waals surface area contributed by atoms with Gasteiger partial charge in [-0.25, -0.2) is 4.98 Å². The summed E-state index contributed by atoms with van der Waals surface area (Å²) < 4.78 is 38.0. The lowest BCUT2D eigenvalue weighted by molar-refractivity contribution is -0.137. The Morgan fingerprint density at radius 2 is 1.81 bits per heavy atom. The highest BCUT2D eigenvalue weighted by Crippen LogP contribution is 2.30. The molecular formula is C25H24F3N3O. The van der Waals surface area contributed by atoms with E-state index in [2.05, 4.69) is 23.2 Å². The highest BCUT2D eigenvalue weighted by molar-refractivity contribution is 6.03. The van der Waals surface area contributed by atoms with E-state index in [0.29, 0.717) is 11.3 Å². The third kappa shape index (κ3) is 4.93.